The molecule has 0 bridgehead atoms. The molecular weight excluding hydrogens is 279 g/mol. The lowest BCUT2D eigenvalue weighted by Gasteiger charge is -2.01. The molecule has 0 N–H and O–H groups in total. The number of hydrogen-bond donors (Lipinski definition) is 0. The Labute approximate surface area is 99.6 Å². The molecule has 6 nitrogen and oxygen atoms in total. The van der Waals surface area contributed by atoms with Gasteiger partial charge in [0.05, 0.1) is 15.5 Å². The molecule has 0 atom stereocenters. The van der Waals surface area contributed by atoms with Crippen LogP contribution >= 0.6 is 22.3 Å². The summed E-state index contributed by atoms with van der Waals surface area (Å²) in [6.45, 7) is 0. The molecule has 0 spiro atoms. The van der Waals surface area contributed by atoms with Crippen molar-refractivity contribution in [3.63, 3.8) is 0 Å². The monoisotopic (exact) mass is 280 g/mol. The predicted molar refractivity (Wildman–Crippen MR) is 55.9 cm³/mol. The molecule has 1 aromatic rings. The molecule has 0 aliphatic rings. The molecule has 0 saturated carbocycles. The molecule has 0 aliphatic heterocycles. The van der Waals surface area contributed by atoms with Gasteiger partial charge in [0.15, 0.2) is 0 Å². The van der Waals surface area contributed by atoms with Crippen LogP contribution in [0.5, 0.6) is 0 Å². The number of nitro groups is 1. The van der Waals surface area contributed by atoms with Gasteiger partial charge in [-0.25, -0.2) is 8.42 Å². The van der Waals surface area contributed by atoms with Crippen molar-refractivity contribution >= 4 is 37.0 Å². The van der Waals surface area contributed by atoms with Gasteiger partial charge in [-0.1, -0.05) is 11.6 Å². The molecule has 84 valence electrons. The van der Waals surface area contributed by atoms with Crippen LogP contribution in [0.15, 0.2) is 17.0 Å². The smallest absolute Gasteiger partial charge is 0.258 e. The average molecular weight is 281 g/mol. The van der Waals surface area contributed by atoms with Gasteiger partial charge in [-0.15, -0.1) is 0 Å². The minimum absolute atomic E-state index is 0.324. The lowest BCUT2D eigenvalue weighted by Crippen LogP contribution is -1.97. The van der Waals surface area contributed by atoms with E-state index in [9.17, 15) is 18.5 Å². The van der Waals surface area contributed by atoms with Crippen LogP contribution in [0.1, 0.15) is 5.56 Å². The van der Waals surface area contributed by atoms with E-state index >= 15 is 0 Å². The third-order valence-electron chi connectivity index (χ3n) is 1.62. The summed E-state index contributed by atoms with van der Waals surface area (Å²) in [6.07, 6.45) is 0. The van der Waals surface area contributed by atoms with E-state index in [0.717, 1.165) is 6.07 Å². The van der Waals surface area contributed by atoms with E-state index in [1.54, 1.807) is 6.07 Å². The molecular formula is C7H2Cl2N2O4S. The number of nitrogens with zero attached hydrogens (tertiary/aromatic N) is 2. The van der Waals surface area contributed by atoms with E-state index in [4.69, 9.17) is 27.5 Å². The molecule has 1 aromatic carbocycles. The maximum absolute atomic E-state index is 11.0. The number of nitriles is 1. The number of rotatable bonds is 2. The van der Waals surface area contributed by atoms with Crippen LogP contribution in [-0.4, -0.2) is 13.3 Å². The summed E-state index contributed by atoms with van der Waals surface area (Å²) in [5.74, 6) is 0. The lowest BCUT2D eigenvalue weighted by atomic mass is 10.2. The van der Waals surface area contributed by atoms with Gasteiger partial charge < -0.3 is 0 Å². The molecule has 16 heavy (non-hydrogen) atoms. The molecule has 0 radical (unpaired) electrons. The van der Waals surface area contributed by atoms with E-state index in [2.05, 4.69) is 0 Å². The first-order valence-corrected chi connectivity index (χ1v) is 6.29. The molecule has 1 rings (SSSR count). The topological polar surface area (TPSA) is 101 Å². The van der Waals surface area contributed by atoms with Crippen molar-refractivity contribution in [1.29, 1.82) is 5.26 Å². The van der Waals surface area contributed by atoms with Crippen molar-refractivity contribution in [3.8, 4) is 6.07 Å². The van der Waals surface area contributed by atoms with Gasteiger partial charge in [0, 0.05) is 22.8 Å². The summed E-state index contributed by atoms with van der Waals surface area (Å²) < 4.78 is 22.1. The van der Waals surface area contributed by atoms with E-state index in [1.165, 1.54) is 0 Å². The number of non-ortho nitro benzene ring substituents is 1. The maximum atomic E-state index is 11.0. The number of halogens is 2. The fraction of sp³-hybridized carbons (Fsp3) is 0. The Morgan fingerprint density at radius 3 is 2.38 bits per heavy atom. The molecule has 0 aliphatic carbocycles. The largest absolute Gasteiger partial charge is 0.272 e. The van der Waals surface area contributed by atoms with E-state index < -0.39 is 29.6 Å². The second-order valence-electron chi connectivity index (χ2n) is 2.61. The van der Waals surface area contributed by atoms with Crippen LogP contribution in [0.2, 0.25) is 5.02 Å². The van der Waals surface area contributed by atoms with Gasteiger partial charge >= 0.3 is 0 Å². The van der Waals surface area contributed by atoms with Crippen LogP contribution in [-0.2, 0) is 9.05 Å². The van der Waals surface area contributed by atoms with Gasteiger partial charge in [0.25, 0.3) is 14.7 Å². The average Bonchev–Trinajstić information content (AvgIpc) is 2.15. The predicted octanol–water partition coefficient (Wildman–Crippen LogP) is 2.05. The zero-order valence-electron chi connectivity index (χ0n) is 7.35. The normalized spacial score (nSPS) is 10.8. The summed E-state index contributed by atoms with van der Waals surface area (Å²) in [6, 6.07) is 3.11. The van der Waals surface area contributed by atoms with Crippen molar-refractivity contribution in [2.24, 2.45) is 0 Å². The molecule has 0 heterocycles. The van der Waals surface area contributed by atoms with Crippen molar-refractivity contribution in [3.05, 3.63) is 32.8 Å². The van der Waals surface area contributed by atoms with Gasteiger partial charge in [-0.3, -0.25) is 10.1 Å². The first kappa shape index (κ1) is 12.7. The first-order chi connectivity index (χ1) is 7.27. The SMILES string of the molecule is N#Cc1cc([N+](=O)[O-])cc(S(=O)(=O)Cl)c1Cl. The summed E-state index contributed by atoms with van der Waals surface area (Å²) in [4.78, 5) is 8.98. The Morgan fingerprint density at radius 2 is 2.00 bits per heavy atom. The quantitative estimate of drug-likeness (QED) is 0.469. The summed E-state index contributed by atoms with van der Waals surface area (Å²) in [7, 11) is 0.788. The highest BCUT2D eigenvalue weighted by molar-refractivity contribution is 8.13. The maximum Gasteiger partial charge on any atom is 0.272 e. The molecule has 0 aromatic heterocycles. The zero-order chi connectivity index (χ0) is 12.5. The second kappa shape index (κ2) is 4.25. The van der Waals surface area contributed by atoms with E-state index in [1.807, 2.05) is 0 Å². The van der Waals surface area contributed by atoms with Gasteiger partial charge in [0.1, 0.15) is 11.0 Å². The summed E-state index contributed by atoms with van der Waals surface area (Å²) >= 11 is 5.56. The summed E-state index contributed by atoms with van der Waals surface area (Å²) in [5, 5.41) is 18.7. The Morgan fingerprint density at radius 1 is 1.44 bits per heavy atom. The fourth-order valence-corrected chi connectivity index (χ4v) is 2.47. The van der Waals surface area contributed by atoms with Crippen molar-refractivity contribution in [2.75, 3.05) is 0 Å². The number of benzene rings is 1. The number of hydrogen-bond acceptors (Lipinski definition) is 5. The highest BCUT2D eigenvalue weighted by atomic mass is 35.7. The molecule has 0 saturated heterocycles. The first-order valence-electron chi connectivity index (χ1n) is 3.60. The third-order valence-corrected chi connectivity index (χ3v) is 3.48. The van der Waals surface area contributed by atoms with Gasteiger partial charge in [-0.2, -0.15) is 5.26 Å². The molecule has 0 amide bonds. The van der Waals surface area contributed by atoms with Crippen molar-refractivity contribution in [2.45, 2.75) is 4.90 Å². The Bertz CT molecular complexity index is 606. The Hall–Kier alpha value is -1.36. The van der Waals surface area contributed by atoms with Crippen LogP contribution in [0.4, 0.5) is 5.69 Å². The fourth-order valence-electron chi connectivity index (χ4n) is 0.947. The number of nitro benzene ring substituents is 1. The van der Waals surface area contributed by atoms with Crippen LogP contribution in [0, 0.1) is 21.4 Å². The second-order valence-corrected chi connectivity index (χ2v) is 5.52. The van der Waals surface area contributed by atoms with Crippen LogP contribution in [0.3, 0.4) is 0 Å². The minimum Gasteiger partial charge on any atom is -0.258 e. The van der Waals surface area contributed by atoms with Crippen molar-refractivity contribution in [1.82, 2.24) is 0 Å². The van der Waals surface area contributed by atoms with Gasteiger partial charge in [0.2, 0.25) is 0 Å². The minimum atomic E-state index is -4.24. The Kier molecular flexibility index (Phi) is 3.38. The van der Waals surface area contributed by atoms with Crippen molar-refractivity contribution < 1.29 is 13.3 Å². The highest BCUT2D eigenvalue weighted by Gasteiger charge is 2.22. The summed E-state index contributed by atoms with van der Waals surface area (Å²) in [5.41, 5.74) is -0.893. The van der Waals surface area contributed by atoms with Crippen LogP contribution < -0.4 is 0 Å². The van der Waals surface area contributed by atoms with E-state index in [-0.39, 0.29) is 5.56 Å². The third kappa shape index (κ3) is 2.41. The zero-order valence-corrected chi connectivity index (χ0v) is 9.67. The lowest BCUT2D eigenvalue weighted by molar-refractivity contribution is -0.385. The standard InChI is InChI=1S/C7H2Cl2N2O4S/c8-7-4(3-10)1-5(11(12)13)2-6(7)16(9,14)15/h1-2H. The Balaban J connectivity index is 3.70. The molecule has 0 unspecified atom stereocenters. The highest BCUT2D eigenvalue weighted by Crippen LogP contribution is 2.31. The van der Waals surface area contributed by atoms with Crippen LogP contribution in [0.25, 0.3) is 0 Å². The molecule has 9 heteroatoms. The van der Waals surface area contributed by atoms with E-state index in [0.29, 0.717) is 6.07 Å². The van der Waals surface area contributed by atoms with Gasteiger partial charge in [-0.05, 0) is 0 Å². The molecule has 0 fully saturated rings.